The van der Waals surface area contributed by atoms with Crippen LogP contribution < -0.4 is 0 Å². The summed E-state index contributed by atoms with van der Waals surface area (Å²) < 4.78 is 10.2. The highest BCUT2D eigenvalue weighted by Crippen LogP contribution is 2.19. The molecule has 5 nitrogen and oxygen atoms in total. The summed E-state index contributed by atoms with van der Waals surface area (Å²) in [5.41, 5.74) is -0.594. The van der Waals surface area contributed by atoms with Gasteiger partial charge >= 0.3 is 12.1 Å². The van der Waals surface area contributed by atoms with E-state index in [2.05, 4.69) is 6.58 Å². The fourth-order valence-corrected chi connectivity index (χ4v) is 1.47. The number of amides is 1. The van der Waals surface area contributed by atoms with Gasteiger partial charge in [-0.2, -0.15) is 0 Å². The first-order valence-corrected chi connectivity index (χ1v) is 5.80. The SMILES string of the molecule is C=CCOC(=O)C1CC=CN1C(=O)OC(C)(C)C. The summed E-state index contributed by atoms with van der Waals surface area (Å²) >= 11 is 0. The van der Waals surface area contributed by atoms with Crippen LogP contribution in [0.25, 0.3) is 0 Å². The van der Waals surface area contributed by atoms with Crippen molar-refractivity contribution in [2.75, 3.05) is 6.61 Å². The summed E-state index contributed by atoms with van der Waals surface area (Å²) in [4.78, 5) is 24.9. The van der Waals surface area contributed by atoms with Crippen molar-refractivity contribution in [1.29, 1.82) is 0 Å². The van der Waals surface area contributed by atoms with E-state index in [0.717, 1.165) is 0 Å². The van der Waals surface area contributed by atoms with Gasteiger partial charge in [0.25, 0.3) is 0 Å². The first kappa shape index (κ1) is 14.3. The van der Waals surface area contributed by atoms with Crippen LogP contribution in [0.5, 0.6) is 0 Å². The molecule has 18 heavy (non-hydrogen) atoms. The fraction of sp³-hybridized carbons (Fsp3) is 0.538. The first-order chi connectivity index (χ1) is 8.35. The first-order valence-electron chi connectivity index (χ1n) is 5.80. The lowest BCUT2D eigenvalue weighted by Crippen LogP contribution is -2.42. The molecule has 1 aliphatic heterocycles. The molecule has 1 aliphatic rings. The lowest BCUT2D eigenvalue weighted by atomic mass is 10.2. The van der Waals surface area contributed by atoms with Crippen molar-refractivity contribution in [1.82, 2.24) is 4.90 Å². The van der Waals surface area contributed by atoms with Crippen LogP contribution in [0.2, 0.25) is 0 Å². The number of carbonyl (C=O) groups excluding carboxylic acids is 2. The minimum Gasteiger partial charge on any atom is -0.460 e. The number of hydrogen-bond acceptors (Lipinski definition) is 4. The van der Waals surface area contributed by atoms with Crippen LogP contribution in [0.1, 0.15) is 27.2 Å². The second-order valence-corrected chi connectivity index (χ2v) is 4.94. The molecule has 1 unspecified atom stereocenters. The van der Waals surface area contributed by atoms with Crippen LogP contribution in [-0.2, 0) is 14.3 Å². The zero-order chi connectivity index (χ0) is 13.8. The number of carbonyl (C=O) groups is 2. The summed E-state index contributed by atoms with van der Waals surface area (Å²) in [6.07, 6.45) is 4.67. The Bertz CT molecular complexity index is 368. The molecular formula is C13H19NO4. The molecule has 1 atom stereocenters. The minimum absolute atomic E-state index is 0.136. The summed E-state index contributed by atoms with van der Waals surface area (Å²) in [5, 5.41) is 0. The molecule has 100 valence electrons. The Morgan fingerprint density at radius 1 is 1.50 bits per heavy atom. The van der Waals surface area contributed by atoms with Gasteiger partial charge in [-0.3, -0.25) is 4.90 Å². The highest BCUT2D eigenvalue weighted by Gasteiger charge is 2.34. The van der Waals surface area contributed by atoms with Crippen molar-refractivity contribution in [3.05, 3.63) is 24.9 Å². The maximum atomic E-state index is 11.9. The van der Waals surface area contributed by atoms with Gasteiger partial charge in [-0.15, -0.1) is 0 Å². The van der Waals surface area contributed by atoms with Gasteiger partial charge in [-0.05, 0) is 27.2 Å². The van der Waals surface area contributed by atoms with E-state index in [0.29, 0.717) is 6.42 Å². The lowest BCUT2D eigenvalue weighted by Gasteiger charge is -2.26. The number of ether oxygens (including phenoxy) is 2. The van der Waals surface area contributed by atoms with E-state index in [1.807, 2.05) is 0 Å². The van der Waals surface area contributed by atoms with Gasteiger partial charge in [0.2, 0.25) is 0 Å². The van der Waals surface area contributed by atoms with Crippen molar-refractivity contribution in [3.63, 3.8) is 0 Å². The summed E-state index contributed by atoms with van der Waals surface area (Å²) in [6.45, 7) is 8.92. The molecule has 1 rings (SSSR count). The zero-order valence-corrected chi connectivity index (χ0v) is 11.0. The van der Waals surface area contributed by atoms with E-state index in [4.69, 9.17) is 9.47 Å². The van der Waals surface area contributed by atoms with E-state index in [1.165, 1.54) is 11.0 Å². The topological polar surface area (TPSA) is 55.8 Å². The molecule has 0 bridgehead atoms. The molecular weight excluding hydrogens is 234 g/mol. The third kappa shape index (κ3) is 3.91. The third-order valence-corrected chi connectivity index (χ3v) is 2.18. The highest BCUT2D eigenvalue weighted by molar-refractivity contribution is 5.83. The molecule has 0 aromatic heterocycles. The van der Waals surface area contributed by atoms with Crippen molar-refractivity contribution in [3.8, 4) is 0 Å². The van der Waals surface area contributed by atoms with Crippen molar-refractivity contribution < 1.29 is 19.1 Å². The number of hydrogen-bond donors (Lipinski definition) is 0. The summed E-state index contributed by atoms with van der Waals surface area (Å²) in [6, 6.07) is -0.639. The van der Waals surface area contributed by atoms with E-state index in [9.17, 15) is 9.59 Å². The van der Waals surface area contributed by atoms with Crippen molar-refractivity contribution >= 4 is 12.1 Å². The molecule has 0 N–H and O–H groups in total. The molecule has 1 amide bonds. The number of nitrogens with zero attached hydrogens (tertiary/aromatic N) is 1. The van der Waals surface area contributed by atoms with Crippen LogP contribution in [-0.4, -0.2) is 35.2 Å². The fourth-order valence-electron chi connectivity index (χ4n) is 1.47. The standard InChI is InChI=1S/C13H19NO4/c1-5-9-17-11(15)10-7-6-8-14(10)12(16)18-13(2,3)4/h5-6,8,10H,1,7,9H2,2-4H3. The molecule has 0 radical (unpaired) electrons. The van der Waals surface area contributed by atoms with Crippen LogP contribution in [0.3, 0.4) is 0 Å². The average Bonchev–Trinajstić information content (AvgIpc) is 2.72. The molecule has 0 saturated heterocycles. The number of rotatable bonds is 3. The Labute approximate surface area is 107 Å². The molecule has 0 saturated carbocycles. The highest BCUT2D eigenvalue weighted by atomic mass is 16.6. The predicted molar refractivity (Wildman–Crippen MR) is 66.8 cm³/mol. The summed E-state index contributed by atoms with van der Waals surface area (Å²) in [5.74, 6) is -0.453. The Morgan fingerprint density at radius 2 is 2.17 bits per heavy atom. The summed E-state index contributed by atoms with van der Waals surface area (Å²) in [7, 11) is 0. The van der Waals surface area contributed by atoms with E-state index >= 15 is 0 Å². The van der Waals surface area contributed by atoms with Gasteiger partial charge in [0.15, 0.2) is 0 Å². The van der Waals surface area contributed by atoms with Gasteiger partial charge in [0.05, 0.1) is 0 Å². The van der Waals surface area contributed by atoms with Gasteiger partial charge in [-0.1, -0.05) is 18.7 Å². The predicted octanol–water partition coefficient (Wildman–Crippen LogP) is 2.24. The second kappa shape index (κ2) is 5.71. The Hall–Kier alpha value is -1.78. The molecule has 0 spiro atoms. The molecule has 0 aliphatic carbocycles. The molecule has 1 heterocycles. The van der Waals surface area contributed by atoms with Crippen LogP contribution in [0.15, 0.2) is 24.9 Å². The normalized spacial score (nSPS) is 18.6. The Morgan fingerprint density at radius 3 is 2.72 bits per heavy atom. The lowest BCUT2D eigenvalue weighted by molar-refractivity contribution is -0.147. The van der Waals surface area contributed by atoms with Crippen molar-refractivity contribution in [2.45, 2.75) is 38.8 Å². The van der Waals surface area contributed by atoms with Gasteiger partial charge in [0.1, 0.15) is 18.2 Å². The average molecular weight is 253 g/mol. The quantitative estimate of drug-likeness (QED) is 0.571. The zero-order valence-electron chi connectivity index (χ0n) is 11.0. The van der Waals surface area contributed by atoms with E-state index < -0.39 is 23.7 Å². The number of esters is 1. The van der Waals surface area contributed by atoms with Gasteiger partial charge in [0, 0.05) is 6.20 Å². The minimum atomic E-state index is -0.639. The van der Waals surface area contributed by atoms with E-state index in [-0.39, 0.29) is 6.61 Å². The van der Waals surface area contributed by atoms with Gasteiger partial charge < -0.3 is 9.47 Å². The van der Waals surface area contributed by atoms with Gasteiger partial charge in [-0.25, -0.2) is 9.59 Å². The molecule has 0 aromatic carbocycles. The molecule has 0 fully saturated rings. The molecule has 5 heteroatoms. The van der Waals surface area contributed by atoms with Crippen molar-refractivity contribution in [2.24, 2.45) is 0 Å². The third-order valence-electron chi connectivity index (χ3n) is 2.18. The maximum absolute atomic E-state index is 11.9. The van der Waals surface area contributed by atoms with Crippen LogP contribution >= 0.6 is 0 Å². The second-order valence-electron chi connectivity index (χ2n) is 4.94. The Kier molecular flexibility index (Phi) is 4.53. The van der Waals surface area contributed by atoms with E-state index in [1.54, 1.807) is 33.0 Å². The largest absolute Gasteiger partial charge is 0.460 e. The molecule has 0 aromatic rings. The van der Waals surface area contributed by atoms with Crippen LogP contribution in [0, 0.1) is 0 Å². The van der Waals surface area contributed by atoms with Crippen LogP contribution in [0.4, 0.5) is 4.79 Å². The monoisotopic (exact) mass is 253 g/mol. The maximum Gasteiger partial charge on any atom is 0.415 e. The smallest absolute Gasteiger partial charge is 0.415 e. The Balaban J connectivity index is 2.63.